The smallest absolute Gasteiger partial charge is 0.305 e. The van der Waals surface area contributed by atoms with Crippen molar-refractivity contribution in [3.8, 4) is 0 Å². The molecule has 106 valence electrons. The molecule has 1 aromatic carbocycles. The molecular formula is C14H20IO3P. The average molecular weight is 394 g/mol. The van der Waals surface area contributed by atoms with Crippen LogP contribution in [0.1, 0.15) is 32.6 Å². The molecule has 0 heterocycles. The van der Waals surface area contributed by atoms with E-state index < -0.39 is 7.60 Å². The van der Waals surface area contributed by atoms with Gasteiger partial charge in [-0.25, -0.2) is 0 Å². The van der Waals surface area contributed by atoms with Crippen LogP contribution in [0.2, 0.25) is 0 Å². The molecule has 1 aliphatic carbocycles. The molecule has 5 heteroatoms. The lowest BCUT2D eigenvalue weighted by Crippen LogP contribution is -2.23. The molecular weight excluding hydrogens is 374 g/mol. The first-order valence-electron chi connectivity index (χ1n) is 6.76. The number of benzene rings is 1. The lowest BCUT2D eigenvalue weighted by Gasteiger charge is -2.29. The Labute approximate surface area is 128 Å². The van der Waals surface area contributed by atoms with E-state index in [1.165, 1.54) is 0 Å². The van der Waals surface area contributed by atoms with Gasteiger partial charge in [0.15, 0.2) is 0 Å². The lowest BCUT2D eigenvalue weighted by atomic mass is 9.98. The van der Waals surface area contributed by atoms with Gasteiger partial charge in [-0.3, -0.25) is 4.57 Å². The molecule has 0 aliphatic heterocycles. The molecule has 2 rings (SSSR count). The largest absolute Gasteiger partial charge is 0.361 e. The van der Waals surface area contributed by atoms with Gasteiger partial charge in [-0.1, -0.05) is 40.8 Å². The van der Waals surface area contributed by atoms with Crippen molar-refractivity contribution in [2.24, 2.45) is 0 Å². The number of hydrogen-bond acceptors (Lipinski definition) is 3. The summed E-state index contributed by atoms with van der Waals surface area (Å²) in [6, 6.07) is 9.28. The van der Waals surface area contributed by atoms with Crippen LogP contribution in [0.3, 0.4) is 0 Å². The summed E-state index contributed by atoms with van der Waals surface area (Å²) in [5.74, 6) is 0. The molecule has 3 nitrogen and oxygen atoms in total. The van der Waals surface area contributed by atoms with Crippen molar-refractivity contribution in [1.82, 2.24) is 0 Å². The van der Waals surface area contributed by atoms with Gasteiger partial charge in [-0.05, 0) is 44.7 Å². The zero-order valence-corrected chi connectivity index (χ0v) is 14.2. The summed E-state index contributed by atoms with van der Waals surface area (Å²) in [6.07, 6.45) is 4.26. The van der Waals surface area contributed by atoms with Crippen LogP contribution in [0.5, 0.6) is 0 Å². The van der Waals surface area contributed by atoms with E-state index in [1.807, 2.05) is 37.3 Å². The minimum Gasteiger partial charge on any atom is -0.305 e. The number of alkyl halides is 1. The fourth-order valence-corrected chi connectivity index (χ4v) is 4.80. The van der Waals surface area contributed by atoms with Crippen LogP contribution in [0.4, 0.5) is 0 Å². The third-order valence-corrected chi connectivity index (χ3v) is 6.61. The van der Waals surface area contributed by atoms with E-state index in [9.17, 15) is 4.57 Å². The van der Waals surface area contributed by atoms with Crippen molar-refractivity contribution >= 4 is 35.5 Å². The third kappa shape index (κ3) is 4.28. The van der Waals surface area contributed by atoms with E-state index in [0.717, 1.165) is 29.6 Å². The van der Waals surface area contributed by atoms with Crippen LogP contribution in [-0.4, -0.2) is 16.6 Å². The van der Waals surface area contributed by atoms with E-state index >= 15 is 0 Å². The topological polar surface area (TPSA) is 35.5 Å². The second kappa shape index (κ2) is 7.21. The van der Waals surface area contributed by atoms with Gasteiger partial charge in [0.25, 0.3) is 0 Å². The van der Waals surface area contributed by atoms with Crippen LogP contribution in [0.25, 0.3) is 0 Å². The van der Waals surface area contributed by atoms with Crippen LogP contribution in [0.15, 0.2) is 30.3 Å². The van der Waals surface area contributed by atoms with Gasteiger partial charge in [0.1, 0.15) is 0 Å². The van der Waals surface area contributed by atoms with E-state index in [1.54, 1.807) is 0 Å². The highest BCUT2D eigenvalue weighted by molar-refractivity contribution is 14.1. The quantitative estimate of drug-likeness (QED) is 0.424. The van der Waals surface area contributed by atoms with Gasteiger partial charge in [0.05, 0.1) is 18.0 Å². The van der Waals surface area contributed by atoms with Crippen molar-refractivity contribution in [1.29, 1.82) is 0 Å². The Bertz CT molecular complexity index is 430. The summed E-state index contributed by atoms with van der Waals surface area (Å²) in [6.45, 7) is 2.24. The number of rotatable bonds is 5. The monoisotopic (exact) mass is 394 g/mol. The Hall–Kier alpha value is 0.100. The molecule has 1 aromatic rings. The minimum absolute atomic E-state index is 0.0589. The normalized spacial score (nSPS) is 26.8. The maximum absolute atomic E-state index is 12.9. The van der Waals surface area contributed by atoms with Gasteiger partial charge in [-0.15, -0.1) is 0 Å². The van der Waals surface area contributed by atoms with Crippen LogP contribution in [-0.2, 0) is 13.6 Å². The molecule has 1 aliphatic rings. The standard InChI is InChI=1S/C14H20IO3P/c1-2-17-19(16,14-6-4-3-5-7-14)18-13-10-8-12(15)9-11-13/h3-7,12-13H,2,8-11H2,1H3. The molecule has 1 unspecified atom stereocenters. The predicted octanol–water partition coefficient (Wildman–Crippen LogP) is 4.30. The molecule has 19 heavy (non-hydrogen) atoms. The van der Waals surface area contributed by atoms with Crippen molar-refractivity contribution in [3.63, 3.8) is 0 Å². The second-order valence-electron chi connectivity index (χ2n) is 4.73. The highest BCUT2D eigenvalue weighted by Crippen LogP contribution is 2.50. The summed E-state index contributed by atoms with van der Waals surface area (Å²) >= 11 is 2.48. The zero-order chi connectivity index (χ0) is 13.7. The van der Waals surface area contributed by atoms with Crippen molar-refractivity contribution in [2.45, 2.75) is 42.6 Å². The fourth-order valence-electron chi connectivity index (χ4n) is 2.27. The van der Waals surface area contributed by atoms with E-state index in [0.29, 0.717) is 11.9 Å². The van der Waals surface area contributed by atoms with Crippen molar-refractivity contribution in [2.75, 3.05) is 6.61 Å². The van der Waals surface area contributed by atoms with Gasteiger partial charge in [0.2, 0.25) is 0 Å². The van der Waals surface area contributed by atoms with Crippen LogP contribution >= 0.6 is 30.2 Å². The molecule has 0 radical (unpaired) electrons. The molecule has 0 amide bonds. The maximum atomic E-state index is 12.9. The Balaban J connectivity index is 2.09. The molecule has 1 fully saturated rings. The van der Waals surface area contributed by atoms with Gasteiger partial charge >= 0.3 is 7.60 Å². The van der Waals surface area contributed by atoms with Gasteiger partial charge in [0, 0.05) is 3.92 Å². The van der Waals surface area contributed by atoms with Gasteiger partial charge in [-0.2, -0.15) is 0 Å². The second-order valence-corrected chi connectivity index (χ2v) is 8.47. The van der Waals surface area contributed by atoms with E-state index in [-0.39, 0.29) is 6.10 Å². The summed E-state index contributed by atoms with van der Waals surface area (Å²) < 4.78 is 25.0. The molecule has 0 bridgehead atoms. The first-order valence-corrected chi connectivity index (χ1v) is 9.55. The average Bonchev–Trinajstić information content (AvgIpc) is 2.43. The third-order valence-electron chi connectivity index (χ3n) is 3.26. The first kappa shape index (κ1) is 15.5. The number of hydrogen-bond donors (Lipinski definition) is 0. The maximum Gasteiger partial charge on any atom is 0.361 e. The summed E-state index contributed by atoms with van der Waals surface area (Å²) in [5.41, 5.74) is 0. The van der Waals surface area contributed by atoms with Crippen LogP contribution in [0, 0.1) is 0 Å². The Morgan fingerprint density at radius 2 is 1.84 bits per heavy atom. The van der Waals surface area contributed by atoms with E-state index in [2.05, 4.69) is 22.6 Å². The summed E-state index contributed by atoms with van der Waals surface area (Å²) in [4.78, 5) is 0. The van der Waals surface area contributed by atoms with Crippen LogP contribution < -0.4 is 5.30 Å². The number of halogens is 1. The molecule has 1 saturated carbocycles. The Morgan fingerprint density at radius 3 is 2.42 bits per heavy atom. The minimum atomic E-state index is -3.16. The summed E-state index contributed by atoms with van der Waals surface area (Å²) in [7, 11) is -3.16. The zero-order valence-electron chi connectivity index (χ0n) is 11.1. The SMILES string of the molecule is CCOP(=O)(OC1CCC(I)CC1)c1ccccc1. The molecule has 0 saturated heterocycles. The van der Waals surface area contributed by atoms with Crippen molar-refractivity contribution < 1.29 is 13.6 Å². The molecule has 0 aromatic heterocycles. The fraction of sp³-hybridized carbons (Fsp3) is 0.571. The Morgan fingerprint density at radius 1 is 1.21 bits per heavy atom. The summed E-state index contributed by atoms with van der Waals surface area (Å²) in [5, 5.41) is 0.661. The Kier molecular flexibility index (Phi) is 5.87. The lowest BCUT2D eigenvalue weighted by molar-refractivity contribution is 0.127. The first-order chi connectivity index (χ1) is 9.14. The molecule has 1 atom stereocenters. The van der Waals surface area contributed by atoms with Crippen molar-refractivity contribution in [3.05, 3.63) is 30.3 Å². The predicted molar refractivity (Wildman–Crippen MR) is 86.5 cm³/mol. The highest BCUT2D eigenvalue weighted by Gasteiger charge is 2.32. The highest BCUT2D eigenvalue weighted by atomic mass is 127. The van der Waals surface area contributed by atoms with Gasteiger partial charge < -0.3 is 9.05 Å². The molecule has 0 N–H and O–H groups in total. The van der Waals surface area contributed by atoms with E-state index in [4.69, 9.17) is 9.05 Å². The molecule has 0 spiro atoms.